The maximum atomic E-state index is 5.94. The molecule has 1 fully saturated rings. The first-order chi connectivity index (χ1) is 8.31. The summed E-state index contributed by atoms with van der Waals surface area (Å²) in [6.07, 6.45) is 6.61. The summed E-state index contributed by atoms with van der Waals surface area (Å²) in [5.74, 6) is 0.769. The summed E-state index contributed by atoms with van der Waals surface area (Å²) in [5.41, 5.74) is 2.46. The minimum atomic E-state index is 0.376. The Labute approximate surface area is 106 Å². The normalized spacial score (nSPS) is 17.5. The third kappa shape index (κ3) is 2.31. The minimum absolute atomic E-state index is 0.376. The molecular weight excluding hydrogens is 234 g/mol. The minimum Gasteiger partial charge on any atom is -0.311 e. The van der Waals surface area contributed by atoms with Crippen LogP contribution in [0.5, 0.6) is 0 Å². The van der Waals surface area contributed by atoms with E-state index in [1.807, 2.05) is 28.8 Å². The molecule has 0 unspecified atom stereocenters. The van der Waals surface area contributed by atoms with Gasteiger partial charge >= 0.3 is 0 Å². The molecule has 0 spiro atoms. The summed E-state index contributed by atoms with van der Waals surface area (Å²) < 4.78 is 2.05. The number of hydrogen-bond acceptors (Lipinski definition) is 2. The highest BCUT2D eigenvalue weighted by atomic mass is 35.5. The van der Waals surface area contributed by atoms with Gasteiger partial charge in [0.2, 0.25) is 0 Å². The van der Waals surface area contributed by atoms with Crippen LogP contribution in [0.25, 0.3) is 5.65 Å². The van der Waals surface area contributed by atoms with E-state index in [2.05, 4.69) is 16.5 Å². The second-order valence-electron chi connectivity index (χ2n) is 4.94. The number of nitrogens with zero attached hydrogens (tertiary/aromatic N) is 2. The summed E-state index contributed by atoms with van der Waals surface area (Å²) >= 11 is 5.94. The van der Waals surface area contributed by atoms with Gasteiger partial charge in [-0.1, -0.05) is 6.07 Å². The van der Waals surface area contributed by atoms with Gasteiger partial charge in [-0.25, -0.2) is 4.98 Å². The van der Waals surface area contributed by atoms with Crippen LogP contribution in [0, 0.1) is 5.41 Å². The molecule has 0 amide bonds. The molecule has 90 valence electrons. The number of nitrogens with one attached hydrogen (secondary N) is 1. The van der Waals surface area contributed by atoms with Crippen molar-refractivity contribution in [3.63, 3.8) is 0 Å². The van der Waals surface area contributed by atoms with Crippen molar-refractivity contribution >= 4 is 17.2 Å². The molecule has 0 bridgehead atoms. The highest BCUT2D eigenvalue weighted by molar-refractivity contribution is 6.18. The predicted molar refractivity (Wildman–Crippen MR) is 69.3 cm³/mol. The summed E-state index contributed by atoms with van der Waals surface area (Å²) in [7, 11) is 0. The van der Waals surface area contributed by atoms with Crippen LogP contribution in [0.1, 0.15) is 18.5 Å². The molecule has 1 saturated carbocycles. The Balaban J connectivity index is 1.61. The van der Waals surface area contributed by atoms with E-state index >= 15 is 0 Å². The molecule has 1 aliphatic carbocycles. The molecule has 0 aromatic carbocycles. The lowest BCUT2D eigenvalue weighted by atomic mass is 10.1. The molecule has 3 rings (SSSR count). The zero-order valence-corrected chi connectivity index (χ0v) is 10.5. The van der Waals surface area contributed by atoms with Crippen LogP contribution in [0.2, 0.25) is 0 Å². The standard InChI is InChI=1S/C13H16ClN3/c14-9-13(4-5-13)10-15-7-11-8-17-6-2-1-3-12(17)16-11/h1-3,6,8,15H,4-5,7,9-10H2. The first-order valence-corrected chi connectivity index (χ1v) is 6.54. The van der Waals surface area contributed by atoms with Crippen LogP contribution in [0.15, 0.2) is 30.6 Å². The summed E-state index contributed by atoms with van der Waals surface area (Å²) in [6.45, 7) is 1.82. The van der Waals surface area contributed by atoms with Crippen LogP contribution in [0.4, 0.5) is 0 Å². The Morgan fingerprint density at radius 3 is 3.00 bits per heavy atom. The van der Waals surface area contributed by atoms with Gasteiger partial charge in [0.15, 0.2) is 0 Å². The first kappa shape index (κ1) is 11.1. The topological polar surface area (TPSA) is 29.3 Å². The number of alkyl halides is 1. The van der Waals surface area contributed by atoms with Gasteiger partial charge in [0.1, 0.15) is 5.65 Å². The fourth-order valence-corrected chi connectivity index (χ4v) is 2.42. The van der Waals surface area contributed by atoms with Crippen LogP contribution < -0.4 is 5.32 Å². The smallest absolute Gasteiger partial charge is 0.137 e. The molecule has 17 heavy (non-hydrogen) atoms. The molecular formula is C13H16ClN3. The molecule has 0 radical (unpaired) electrons. The van der Waals surface area contributed by atoms with E-state index in [4.69, 9.17) is 11.6 Å². The lowest BCUT2D eigenvalue weighted by molar-refractivity contribution is 0.502. The quantitative estimate of drug-likeness (QED) is 0.825. The maximum Gasteiger partial charge on any atom is 0.137 e. The van der Waals surface area contributed by atoms with Gasteiger partial charge in [-0.3, -0.25) is 0 Å². The predicted octanol–water partition coefficient (Wildman–Crippen LogP) is 2.44. The van der Waals surface area contributed by atoms with E-state index in [1.165, 1.54) is 12.8 Å². The molecule has 2 aromatic heterocycles. The van der Waals surface area contributed by atoms with E-state index in [9.17, 15) is 0 Å². The summed E-state index contributed by atoms with van der Waals surface area (Å²) in [6, 6.07) is 6.04. The zero-order valence-electron chi connectivity index (χ0n) is 9.69. The number of halogens is 1. The fraction of sp³-hybridized carbons (Fsp3) is 0.462. The fourth-order valence-electron chi connectivity index (χ4n) is 2.06. The van der Waals surface area contributed by atoms with E-state index in [0.29, 0.717) is 5.41 Å². The Hall–Kier alpha value is -1.06. The van der Waals surface area contributed by atoms with Gasteiger partial charge in [-0.15, -0.1) is 11.6 Å². The average molecular weight is 250 g/mol. The molecule has 0 saturated heterocycles. The van der Waals surface area contributed by atoms with Crippen molar-refractivity contribution in [2.75, 3.05) is 12.4 Å². The van der Waals surface area contributed by atoms with Crippen LogP contribution in [0.3, 0.4) is 0 Å². The van der Waals surface area contributed by atoms with Crippen LogP contribution in [-0.4, -0.2) is 21.8 Å². The molecule has 2 heterocycles. The number of imidazole rings is 1. The monoisotopic (exact) mass is 249 g/mol. The highest BCUT2D eigenvalue weighted by Crippen LogP contribution is 2.45. The van der Waals surface area contributed by atoms with Gasteiger partial charge in [0, 0.05) is 31.4 Å². The Bertz CT molecular complexity index is 483. The molecule has 0 aliphatic heterocycles. The zero-order chi connectivity index (χ0) is 11.7. The SMILES string of the molecule is ClCC1(CNCc2cn3ccccc3n2)CC1. The Morgan fingerprint density at radius 1 is 1.41 bits per heavy atom. The second kappa shape index (κ2) is 4.31. The number of rotatable bonds is 5. The van der Waals surface area contributed by atoms with Gasteiger partial charge in [-0.2, -0.15) is 0 Å². The maximum absolute atomic E-state index is 5.94. The van der Waals surface area contributed by atoms with Gasteiger partial charge in [0.25, 0.3) is 0 Å². The van der Waals surface area contributed by atoms with Crippen LogP contribution in [-0.2, 0) is 6.54 Å². The van der Waals surface area contributed by atoms with E-state index in [1.54, 1.807) is 0 Å². The third-order valence-corrected chi connectivity index (χ3v) is 4.03. The van der Waals surface area contributed by atoms with E-state index in [0.717, 1.165) is 30.3 Å². The van der Waals surface area contributed by atoms with Gasteiger partial charge in [0.05, 0.1) is 5.69 Å². The average Bonchev–Trinajstić information content (AvgIpc) is 3.01. The van der Waals surface area contributed by atoms with Crippen molar-refractivity contribution in [1.29, 1.82) is 0 Å². The lowest BCUT2D eigenvalue weighted by Crippen LogP contribution is -2.24. The largest absolute Gasteiger partial charge is 0.311 e. The molecule has 4 heteroatoms. The van der Waals surface area contributed by atoms with Gasteiger partial charge in [-0.05, 0) is 30.4 Å². The number of fused-ring (bicyclic) bond motifs is 1. The van der Waals surface area contributed by atoms with Gasteiger partial charge < -0.3 is 9.72 Å². The van der Waals surface area contributed by atoms with Crippen LogP contribution >= 0.6 is 11.6 Å². The molecule has 1 N–H and O–H groups in total. The van der Waals surface area contributed by atoms with Crippen molar-refractivity contribution in [3.8, 4) is 0 Å². The number of aromatic nitrogens is 2. The van der Waals surface area contributed by atoms with Crippen molar-refractivity contribution in [2.24, 2.45) is 5.41 Å². The van der Waals surface area contributed by atoms with Crippen molar-refractivity contribution < 1.29 is 0 Å². The third-order valence-electron chi connectivity index (χ3n) is 3.46. The highest BCUT2D eigenvalue weighted by Gasteiger charge is 2.41. The number of hydrogen-bond donors (Lipinski definition) is 1. The Kier molecular flexibility index (Phi) is 2.81. The molecule has 2 aromatic rings. The van der Waals surface area contributed by atoms with Crippen molar-refractivity contribution in [1.82, 2.24) is 14.7 Å². The number of pyridine rings is 1. The molecule has 1 aliphatic rings. The molecule has 3 nitrogen and oxygen atoms in total. The van der Waals surface area contributed by atoms with E-state index < -0.39 is 0 Å². The first-order valence-electron chi connectivity index (χ1n) is 6.01. The summed E-state index contributed by atoms with van der Waals surface area (Å²) in [4.78, 5) is 4.55. The Morgan fingerprint density at radius 2 is 2.29 bits per heavy atom. The summed E-state index contributed by atoms with van der Waals surface area (Å²) in [5, 5.41) is 3.46. The molecule has 0 atom stereocenters. The lowest BCUT2D eigenvalue weighted by Gasteiger charge is -2.10. The van der Waals surface area contributed by atoms with Crippen molar-refractivity contribution in [3.05, 3.63) is 36.3 Å². The van der Waals surface area contributed by atoms with E-state index in [-0.39, 0.29) is 0 Å². The second-order valence-corrected chi connectivity index (χ2v) is 5.20. The van der Waals surface area contributed by atoms with Crippen molar-refractivity contribution in [2.45, 2.75) is 19.4 Å².